The van der Waals surface area contributed by atoms with Crippen molar-refractivity contribution >= 4 is 11.3 Å². The van der Waals surface area contributed by atoms with E-state index < -0.39 is 6.10 Å². The van der Waals surface area contributed by atoms with Crippen LogP contribution in [-0.4, -0.2) is 11.6 Å². The summed E-state index contributed by atoms with van der Waals surface area (Å²) in [6, 6.07) is 0. The molecule has 1 rings (SSSR count). The third-order valence-corrected chi connectivity index (χ3v) is 2.59. The molecule has 90 valence electrons. The van der Waals surface area contributed by atoms with Crippen molar-refractivity contribution in [1.82, 2.24) is 4.98 Å². The average Bonchev–Trinajstić information content (AvgIpc) is 2.70. The predicted molar refractivity (Wildman–Crippen MR) is 49.9 cm³/mol. The number of hydrogen-bond acceptors (Lipinski definition) is 10. The zero-order chi connectivity index (χ0) is 11.8. The molecule has 0 bridgehead atoms. The predicted octanol–water partition coefficient (Wildman–Crippen LogP) is 0.876. The molecule has 1 unspecified atom stereocenters. The van der Waals surface area contributed by atoms with Crippen molar-refractivity contribution in [3.8, 4) is 0 Å². The van der Waals surface area contributed by atoms with Gasteiger partial charge in [0.2, 0.25) is 0 Å². The molecule has 1 aromatic heterocycles. The standard InChI is InChI=1S/C6H9N3O6S/c1-4-6(16-3-8-4)5(12-14-9-10)2-11-15-13-7/h3,5H,2,7H2,1H3. The van der Waals surface area contributed by atoms with Crippen molar-refractivity contribution in [2.24, 2.45) is 11.2 Å². The second kappa shape index (κ2) is 7.16. The molecule has 1 heterocycles. The first kappa shape index (κ1) is 12.9. The van der Waals surface area contributed by atoms with Gasteiger partial charge in [0.15, 0.2) is 11.4 Å². The lowest BCUT2D eigenvalue weighted by Crippen LogP contribution is -2.13. The fraction of sp³-hybridized carbons (Fsp3) is 0.500. The number of hydrogen-bond donors (Lipinski definition) is 1. The van der Waals surface area contributed by atoms with Gasteiger partial charge in [0.05, 0.1) is 16.1 Å². The number of aromatic nitrogens is 1. The van der Waals surface area contributed by atoms with E-state index in [1.807, 2.05) is 0 Å². The maximum atomic E-state index is 9.77. The topological polar surface area (TPSA) is 114 Å². The van der Waals surface area contributed by atoms with Gasteiger partial charge in [0.1, 0.15) is 6.61 Å². The van der Waals surface area contributed by atoms with Crippen LogP contribution >= 0.6 is 11.3 Å². The highest BCUT2D eigenvalue weighted by molar-refractivity contribution is 7.09. The molecule has 0 radical (unpaired) electrons. The van der Waals surface area contributed by atoms with E-state index in [1.54, 1.807) is 12.4 Å². The molecular formula is C6H9N3O6S. The van der Waals surface area contributed by atoms with Crippen LogP contribution < -0.4 is 5.90 Å². The molecule has 0 saturated heterocycles. The highest BCUT2D eigenvalue weighted by atomic mass is 32.1. The molecule has 10 heteroatoms. The Hall–Kier alpha value is -1.17. The summed E-state index contributed by atoms with van der Waals surface area (Å²) in [5, 5.41) is 6.10. The van der Waals surface area contributed by atoms with E-state index in [9.17, 15) is 4.91 Å². The van der Waals surface area contributed by atoms with E-state index in [4.69, 9.17) is 0 Å². The van der Waals surface area contributed by atoms with Gasteiger partial charge >= 0.3 is 0 Å². The van der Waals surface area contributed by atoms with Crippen molar-refractivity contribution in [3.05, 3.63) is 21.0 Å². The Morgan fingerprint density at radius 1 is 1.69 bits per heavy atom. The zero-order valence-electron chi connectivity index (χ0n) is 8.19. The van der Waals surface area contributed by atoms with Crippen LogP contribution in [0.25, 0.3) is 0 Å². The maximum Gasteiger partial charge on any atom is 0.190 e. The lowest BCUT2D eigenvalue weighted by molar-refractivity contribution is -0.524. The van der Waals surface area contributed by atoms with E-state index in [0.717, 1.165) is 0 Å². The Bertz CT molecular complexity index is 321. The highest BCUT2D eigenvalue weighted by Gasteiger charge is 2.20. The SMILES string of the molecule is Cc1ncsc1C(COOON)OON=O. The minimum atomic E-state index is -0.722. The van der Waals surface area contributed by atoms with Crippen LogP contribution in [0.5, 0.6) is 0 Å². The van der Waals surface area contributed by atoms with E-state index in [2.05, 4.69) is 41.0 Å². The normalized spacial score (nSPS) is 12.4. The summed E-state index contributed by atoms with van der Waals surface area (Å²) in [7, 11) is 0. The molecule has 9 nitrogen and oxygen atoms in total. The van der Waals surface area contributed by atoms with Crippen LogP contribution in [-0.2, 0) is 24.8 Å². The van der Waals surface area contributed by atoms with E-state index in [0.29, 0.717) is 10.6 Å². The smallest absolute Gasteiger partial charge is 0.190 e. The molecule has 0 amide bonds. The van der Waals surface area contributed by atoms with Gasteiger partial charge < -0.3 is 0 Å². The number of rotatable bonds is 8. The van der Waals surface area contributed by atoms with Gasteiger partial charge in [0, 0.05) is 0 Å². The minimum Gasteiger partial charge on any atom is -0.250 e. The number of thiazole rings is 1. The number of nitrogens with zero attached hydrogens (tertiary/aromatic N) is 2. The van der Waals surface area contributed by atoms with Crippen molar-refractivity contribution in [3.63, 3.8) is 0 Å². The Kier molecular flexibility index (Phi) is 5.77. The molecule has 0 aliphatic heterocycles. The van der Waals surface area contributed by atoms with Crippen molar-refractivity contribution in [1.29, 1.82) is 0 Å². The zero-order valence-corrected chi connectivity index (χ0v) is 9.01. The van der Waals surface area contributed by atoms with Crippen molar-refractivity contribution in [2.45, 2.75) is 13.0 Å². The lowest BCUT2D eigenvalue weighted by atomic mass is 10.3. The summed E-state index contributed by atoms with van der Waals surface area (Å²) in [4.78, 5) is 31.3. The summed E-state index contributed by atoms with van der Waals surface area (Å²) in [5.41, 5.74) is 2.32. The van der Waals surface area contributed by atoms with Crippen LogP contribution in [0.4, 0.5) is 0 Å². The third-order valence-electron chi connectivity index (χ3n) is 1.57. The van der Waals surface area contributed by atoms with Crippen molar-refractivity contribution in [2.75, 3.05) is 6.61 Å². The molecule has 0 aliphatic carbocycles. The summed E-state index contributed by atoms with van der Waals surface area (Å²) < 4.78 is 0. The summed E-state index contributed by atoms with van der Waals surface area (Å²) in [5.74, 6) is 4.57. The van der Waals surface area contributed by atoms with Gasteiger partial charge in [-0.1, -0.05) is 0 Å². The Balaban J connectivity index is 2.56. The quantitative estimate of drug-likeness (QED) is 0.313. The lowest BCUT2D eigenvalue weighted by Gasteiger charge is -2.11. The molecular weight excluding hydrogens is 242 g/mol. The molecule has 0 aromatic carbocycles. The number of aryl methyl sites for hydroxylation is 1. The molecule has 16 heavy (non-hydrogen) atoms. The van der Waals surface area contributed by atoms with Crippen LogP contribution in [0.15, 0.2) is 10.9 Å². The third kappa shape index (κ3) is 3.77. The average molecular weight is 251 g/mol. The van der Waals surface area contributed by atoms with Gasteiger partial charge in [-0.15, -0.1) is 26.1 Å². The van der Waals surface area contributed by atoms with E-state index in [1.165, 1.54) is 11.3 Å². The van der Waals surface area contributed by atoms with E-state index >= 15 is 0 Å². The first-order valence-electron chi connectivity index (χ1n) is 3.99. The van der Waals surface area contributed by atoms with Gasteiger partial charge in [-0.2, -0.15) is 10.9 Å². The van der Waals surface area contributed by atoms with Crippen molar-refractivity contribution < 1.29 is 24.8 Å². The minimum absolute atomic E-state index is 0.115. The van der Waals surface area contributed by atoms with E-state index in [-0.39, 0.29) is 6.61 Å². The molecule has 2 N–H and O–H groups in total. The molecule has 0 aliphatic rings. The summed E-state index contributed by atoms with van der Waals surface area (Å²) in [6.45, 7) is 1.65. The van der Waals surface area contributed by atoms with Crippen LogP contribution in [0.1, 0.15) is 16.7 Å². The first-order chi connectivity index (χ1) is 7.79. The van der Waals surface area contributed by atoms with Crippen LogP contribution in [0.3, 0.4) is 0 Å². The second-order valence-corrected chi connectivity index (χ2v) is 3.37. The van der Waals surface area contributed by atoms with Gasteiger partial charge in [0.25, 0.3) is 0 Å². The van der Waals surface area contributed by atoms with Gasteiger partial charge in [-0.3, -0.25) is 0 Å². The fourth-order valence-electron chi connectivity index (χ4n) is 0.954. The monoisotopic (exact) mass is 251 g/mol. The molecule has 0 fully saturated rings. The Morgan fingerprint density at radius 3 is 3.06 bits per heavy atom. The summed E-state index contributed by atoms with van der Waals surface area (Å²) >= 11 is 1.30. The molecule has 0 spiro atoms. The Morgan fingerprint density at radius 2 is 2.50 bits per heavy atom. The maximum absolute atomic E-state index is 9.77. The largest absolute Gasteiger partial charge is 0.250 e. The first-order valence-corrected chi connectivity index (χ1v) is 4.87. The van der Waals surface area contributed by atoms with Crippen LogP contribution in [0.2, 0.25) is 0 Å². The summed E-state index contributed by atoms with van der Waals surface area (Å²) in [6.07, 6.45) is -0.722. The van der Waals surface area contributed by atoms with Crippen LogP contribution in [0, 0.1) is 11.8 Å². The fourth-order valence-corrected chi connectivity index (χ4v) is 1.76. The number of nitrogens with two attached hydrogens (primary N) is 1. The van der Waals surface area contributed by atoms with Gasteiger partial charge in [-0.05, 0) is 12.0 Å². The van der Waals surface area contributed by atoms with Gasteiger partial charge in [-0.25, -0.2) is 9.87 Å². The second-order valence-electron chi connectivity index (χ2n) is 2.48. The molecule has 1 atom stereocenters. The molecule has 1 aromatic rings. The highest BCUT2D eigenvalue weighted by Crippen LogP contribution is 2.25. The Labute approximate surface area is 93.7 Å². The molecule has 0 saturated carbocycles.